The number of nitrogens with zero attached hydrogens (tertiary/aromatic N) is 1. The lowest BCUT2D eigenvalue weighted by Gasteiger charge is -2.33. The van der Waals surface area contributed by atoms with E-state index in [2.05, 4.69) is 0 Å². The van der Waals surface area contributed by atoms with Crippen LogP contribution in [-0.2, 0) is 14.3 Å². The monoisotopic (exact) mass is 215 g/mol. The van der Waals surface area contributed by atoms with E-state index in [9.17, 15) is 9.59 Å². The number of ether oxygens (including phenoxy) is 1. The van der Waals surface area contributed by atoms with Crippen molar-refractivity contribution in [2.45, 2.75) is 11.8 Å². The first kappa shape index (κ1) is 9.54. The Morgan fingerprint density at radius 2 is 2.50 bits per heavy atom. The van der Waals surface area contributed by atoms with Gasteiger partial charge in [0.25, 0.3) is 0 Å². The summed E-state index contributed by atoms with van der Waals surface area (Å²) in [6.07, 6.45) is 0.425. The summed E-state index contributed by atoms with van der Waals surface area (Å²) in [4.78, 5) is 24.0. The van der Waals surface area contributed by atoms with Crippen molar-refractivity contribution in [3.05, 3.63) is 10.6 Å². The summed E-state index contributed by atoms with van der Waals surface area (Å²) < 4.78 is 4.89. The topological polar surface area (TPSA) is 66.8 Å². The quantitative estimate of drug-likeness (QED) is 0.683. The van der Waals surface area contributed by atoms with Crippen LogP contribution in [0.3, 0.4) is 0 Å². The lowest BCUT2D eigenvalue weighted by atomic mass is 10.1. The molecule has 1 amide bonds. The van der Waals surface area contributed by atoms with E-state index < -0.39 is 5.97 Å². The zero-order valence-electron chi connectivity index (χ0n) is 7.52. The fraction of sp³-hybridized carbons (Fsp3) is 0.500. The number of hydrogen-bond acceptors (Lipinski definition) is 4. The van der Waals surface area contributed by atoms with Gasteiger partial charge in [-0.05, 0) is 0 Å². The first-order valence-corrected chi connectivity index (χ1v) is 4.97. The molecule has 5 nitrogen and oxygen atoms in total. The highest BCUT2D eigenvalue weighted by Crippen LogP contribution is 2.45. The van der Waals surface area contributed by atoms with Gasteiger partial charge >= 0.3 is 5.97 Å². The van der Waals surface area contributed by atoms with Crippen LogP contribution in [-0.4, -0.2) is 41.0 Å². The van der Waals surface area contributed by atoms with Crippen molar-refractivity contribution in [3.8, 4) is 0 Å². The largest absolute Gasteiger partial charge is 0.477 e. The van der Waals surface area contributed by atoms with Gasteiger partial charge in [-0.1, -0.05) is 11.8 Å². The van der Waals surface area contributed by atoms with Crippen molar-refractivity contribution >= 4 is 23.6 Å². The second-order valence-corrected chi connectivity index (χ2v) is 4.32. The van der Waals surface area contributed by atoms with Crippen LogP contribution in [0.5, 0.6) is 0 Å². The number of methoxy groups -OCH3 is 1. The number of hydrogen-bond donors (Lipinski definition) is 1. The molecule has 0 aromatic carbocycles. The summed E-state index contributed by atoms with van der Waals surface area (Å²) >= 11 is 1.40. The van der Waals surface area contributed by atoms with Crippen LogP contribution in [0.4, 0.5) is 0 Å². The van der Waals surface area contributed by atoms with Gasteiger partial charge in [-0.25, -0.2) is 4.79 Å². The molecular formula is C8H9NO4S. The van der Waals surface area contributed by atoms with Gasteiger partial charge in [0, 0.05) is 12.0 Å². The first-order valence-electron chi connectivity index (χ1n) is 4.09. The molecule has 1 fully saturated rings. The number of thioether (sulfide) groups is 1. The minimum absolute atomic E-state index is 0.0150. The van der Waals surface area contributed by atoms with Gasteiger partial charge in [-0.2, -0.15) is 0 Å². The summed E-state index contributed by atoms with van der Waals surface area (Å²) in [5.74, 6) is -1.17. The molecule has 76 valence electrons. The molecule has 1 saturated heterocycles. The summed E-state index contributed by atoms with van der Waals surface area (Å²) in [5, 5.41) is 8.91. The Bertz CT molecular complexity index is 338. The van der Waals surface area contributed by atoms with Gasteiger partial charge in [-0.15, -0.1) is 0 Å². The standard InChI is InChI=1S/C8H9NO4S/c1-13-3-4-7(8(11)12)9-5(10)2-6(9)14-4/h6H,2-3H2,1H3,(H,11,12)/t6-/m0/s1. The van der Waals surface area contributed by atoms with Crippen LogP contribution in [0.1, 0.15) is 6.42 Å². The second kappa shape index (κ2) is 3.29. The number of carboxylic acid groups (broad SMARTS) is 1. The van der Waals surface area contributed by atoms with Crippen molar-refractivity contribution in [3.63, 3.8) is 0 Å². The van der Waals surface area contributed by atoms with E-state index in [1.165, 1.54) is 23.8 Å². The van der Waals surface area contributed by atoms with Gasteiger partial charge in [0.05, 0.1) is 18.4 Å². The van der Waals surface area contributed by atoms with Crippen LogP contribution < -0.4 is 0 Å². The predicted molar refractivity (Wildman–Crippen MR) is 49.4 cm³/mol. The second-order valence-electron chi connectivity index (χ2n) is 3.05. The van der Waals surface area contributed by atoms with Crippen LogP contribution in [0, 0.1) is 0 Å². The van der Waals surface area contributed by atoms with E-state index >= 15 is 0 Å². The van der Waals surface area contributed by atoms with Gasteiger partial charge < -0.3 is 9.84 Å². The number of fused-ring (bicyclic) bond motifs is 1. The molecule has 1 atom stereocenters. The molecule has 0 unspecified atom stereocenters. The number of carboxylic acids is 1. The summed E-state index contributed by atoms with van der Waals surface area (Å²) in [6.45, 7) is 0.257. The summed E-state index contributed by atoms with van der Waals surface area (Å²) in [5.41, 5.74) is 0.0955. The van der Waals surface area contributed by atoms with Crippen LogP contribution in [0.2, 0.25) is 0 Å². The molecule has 2 rings (SSSR count). The smallest absolute Gasteiger partial charge is 0.353 e. The molecule has 2 aliphatic rings. The average molecular weight is 215 g/mol. The molecule has 0 bridgehead atoms. The average Bonchev–Trinajstić information content (AvgIpc) is 2.39. The fourth-order valence-electron chi connectivity index (χ4n) is 1.56. The van der Waals surface area contributed by atoms with Crippen molar-refractivity contribution < 1.29 is 19.4 Å². The molecule has 2 heterocycles. The molecule has 0 aliphatic carbocycles. The Hall–Kier alpha value is -1.01. The highest BCUT2D eigenvalue weighted by molar-refractivity contribution is 8.04. The molecule has 0 saturated carbocycles. The van der Waals surface area contributed by atoms with Crippen molar-refractivity contribution in [1.29, 1.82) is 0 Å². The Morgan fingerprint density at radius 1 is 1.79 bits per heavy atom. The van der Waals surface area contributed by atoms with Crippen molar-refractivity contribution in [2.75, 3.05) is 13.7 Å². The third kappa shape index (κ3) is 1.22. The summed E-state index contributed by atoms with van der Waals surface area (Å²) in [7, 11) is 1.50. The molecule has 1 N–H and O–H groups in total. The van der Waals surface area contributed by atoms with E-state index in [-0.39, 0.29) is 23.6 Å². The number of carbonyl (C=O) groups excluding carboxylic acids is 1. The third-order valence-corrected chi connectivity index (χ3v) is 3.41. The van der Waals surface area contributed by atoms with Crippen LogP contribution in [0.25, 0.3) is 0 Å². The van der Waals surface area contributed by atoms with Crippen molar-refractivity contribution in [1.82, 2.24) is 4.90 Å². The van der Waals surface area contributed by atoms with Crippen LogP contribution in [0.15, 0.2) is 10.6 Å². The Kier molecular flexibility index (Phi) is 2.24. The molecule has 6 heteroatoms. The minimum atomic E-state index is -1.06. The SMILES string of the molecule is COCC1=C(C(=O)O)N2C(=O)C[C@@H]2S1. The van der Waals surface area contributed by atoms with Crippen LogP contribution >= 0.6 is 11.8 Å². The fourth-order valence-corrected chi connectivity index (χ4v) is 2.93. The number of rotatable bonds is 3. The highest BCUT2D eigenvalue weighted by Gasteiger charge is 2.48. The molecule has 0 aromatic heterocycles. The molecule has 2 aliphatic heterocycles. The Morgan fingerprint density at radius 3 is 3.00 bits per heavy atom. The van der Waals surface area contributed by atoms with E-state index in [0.717, 1.165) is 0 Å². The zero-order valence-corrected chi connectivity index (χ0v) is 8.34. The minimum Gasteiger partial charge on any atom is -0.477 e. The first-order chi connectivity index (χ1) is 6.65. The van der Waals surface area contributed by atoms with E-state index in [0.29, 0.717) is 11.3 Å². The van der Waals surface area contributed by atoms with Gasteiger partial charge in [0.1, 0.15) is 5.70 Å². The maximum atomic E-state index is 11.2. The lowest BCUT2D eigenvalue weighted by Crippen LogP contribution is -2.48. The third-order valence-electron chi connectivity index (χ3n) is 2.17. The predicted octanol–water partition coefficient (Wildman–Crippen LogP) is 0.234. The zero-order chi connectivity index (χ0) is 10.3. The number of amides is 1. The van der Waals surface area contributed by atoms with Gasteiger partial charge in [0.2, 0.25) is 5.91 Å². The van der Waals surface area contributed by atoms with E-state index in [1.54, 1.807) is 0 Å². The summed E-state index contributed by atoms with van der Waals surface area (Å²) in [6, 6.07) is 0. The number of carbonyl (C=O) groups is 2. The maximum absolute atomic E-state index is 11.2. The highest BCUT2D eigenvalue weighted by atomic mass is 32.2. The maximum Gasteiger partial charge on any atom is 0.353 e. The number of β-lactam (4-membered cyclic amide) rings is 1. The Labute approximate surface area is 84.7 Å². The number of aliphatic carboxylic acids is 1. The molecular weight excluding hydrogens is 206 g/mol. The lowest BCUT2D eigenvalue weighted by molar-refractivity contribution is -0.145. The molecule has 0 spiro atoms. The van der Waals surface area contributed by atoms with Crippen molar-refractivity contribution in [2.24, 2.45) is 0 Å². The van der Waals surface area contributed by atoms with E-state index in [1.807, 2.05) is 0 Å². The molecule has 0 aromatic rings. The molecule has 14 heavy (non-hydrogen) atoms. The van der Waals surface area contributed by atoms with Gasteiger partial charge in [-0.3, -0.25) is 9.69 Å². The Balaban J connectivity index is 2.28. The normalized spacial score (nSPS) is 25.1. The van der Waals surface area contributed by atoms with E-state index in [4.69, 9.17) is 9.84 Å². The van der Waals surface area contributed by atoms with Gasteiger partial charge in [0.15, 0.2) is 0 Å². The molecule has 0 radical (unpaired) electrons.